The highest BCUT2D eigenvalue weighted by Gasteiger charge is 2.27. The van der Waals surface area contributed by atoms with Crippen molar-refractivity contribution in [2.45, 2.75) is 19.3 Å². The molecule has 26 heavy (non-hydrogen) atoms. The number of hydrogen-bond acceptors (Lipinski definition) is 3. The number of nitrogens with zero attached hydrogens (tertiary/aromatic N) is 3. The third-order valence-corrected chi connectivity index (χ3v) is 5.28. The van der Waals surface area contributed by atoms with E-state index in [9.17, 15) is 18.4 Å². The standard InChI is InChI=1S/C18H22ClF2N3O2/c19-14-11-16(21)15(20)10-13(14)18(26)24-8-6-22(7-9-24)12-17(25)23-4-2-1-3-5-23/h10-11H,1-9,12H2. The molecule has 2 aliphatic heterocycles. The van der Waals surface area contributed by atoms with Gasteiger partial charge in [0.1, 0.15) is 0 Å². The van der Waals surface area contributed by atoms with E-state index in [1.807, 2.05) is 9.80 Å². The number of carbonyl (C=O) groups is 2. The van der Waals surface area contributed by atoms with E-state index in [1.165, 1.54) is 6.42 Å². The lowest BCUT2D eigenvalue weighted by Gasteiger charge is -2.36. The van der Waals surface area contributed by atoms with Crippen LogP contribution in [0.3, 0.4) is 0 Å². The number of rotatable bonds is 3. The van der Waals surface area contributed by atoms with Gasteiger partial charge >= 0.3 is 0 Å². The molecule has 1 aromatic carbocycles. The lowest BCUT2D eigenvalue weighted by Crippen LogP contribution is -2.52. The first-order chi connectivity index (χ1) is 12.5. The van der Waals surface area contributed by atoms with E-state index >= 15 is 0 Å². The fraction of sp³-hybridized carbons (Fsp3) is 0.556. The number of carbonyl (C=O) groups excluding carboxylic acids is 2. The average Bonchev–Trinajstić information content (AvgIpc) is 2.65. The Labute approximate surface area is 156 Å². The molecule has 2 amide bonds. The van der Waals surface area contributed by atoms with Crippen LogP contribution in [0.25, 0.3) is 0 Å². The van der Waals surface area contributed by atoms with Gasteiger partial charge < -0.3 is 9.80 Å². The Morgan fingerprint density at radius 2 is 1.50 bits per heavy atom. The molecule has 0 aliphatic carbocycles. The Balaban J connectivity index is 1.54. The van der Waals surface area contributed by atoms with Gasteiger partial charge in [0.15, 0.2) is 11.6 Å². The maximum absolute atomic E-state index is 13.4. The van der Waals surface area contributed by atoms with E-state index < -0.39 is 17.5 Å². The van der Waals surface area contributed by atoms with Gasteiger partial charge in [-0.15, -0.1) is 0 Å². The van der Waals surface area contributed by atoms with Crippen molar-refractivity contribution in [3.05, 3.63) is 34.4 Å². The van der Waals surface area contributed by atoms with Crippen LogP contribution in [0.2, 0.25) is 5.02 Å². The third kappa shape index (κ3) is 4.32. The van der Waals surface area contributed by atoms with Gasteiger partial charge in [0, 0.05) is 39.3 Å². The Kier molecular flexibility index (Phi) is 6.09. The summed E-state index contributed by atoms with van der Waals surface area (Å²) in [4.78, 5) is 30.3. The lowest BCUT2D eigenvalue weighted by molar-refractivity contribution is -0.133. The summed E-state index contributed by atoms with van der Waals surface area (Å²) in [6.07, 6.45) is 3.29. The number of benzene rings is 1. The molecule has 0 radical (unpaired) electrons. The van der Waals surface area contributed by atoms with Crippen molar-refractivity contribution >= 4 is 23.4 Å². The fourth-order valence-electron chi connectivity index (χ4n) is 3.40. The molecule has 0 unspecified atom stereocenters. The van der Waals surface area contributed by atoms with E-state index in [1.54, 1.807) is 4.90 Å². The summed E-state index contributed by atoms with van der Waals surface area (Å²) in [5, 5.41) is -0.100. The molecule has 1 aromatic rings. The predicted molar refractivity (Wildman–Crippen MR) is 94.1 cm³/mol. The van der Waals surface area contributed by atoms with Crippen molar-refractivity contribution in [2.24, 2.45) is 0 Å². The van der Waals surface area contributed by atoms with Crippen LogP contribution in [0, 0.1) is 11.6 Å². The molecule has 0 saturated carbocycles. The van der Waals surface area contributed by atoms with Crippen LogP contribution in [-0.4, -0.2) is 72.3 Å². The number of hydrogen-bond donors (Lipinski definition) is 0. The van der Waals surface area contributed by atoms with Gasteiger partial charge in [-0.05, 0) is 31.4 Å². The first-order valence-electron chi connectivity index (χ1n) is 8.89. The van der Waals surface area contributed by atoms with Gasteiger partial charge in [0.05, 0.1) is 17.1 Å². The van der Waals surface area contributed by atoms with Crippen molar-refractivity contribution in [3.63, 3.8) is 0 Å². The summed E-state index contributed by atoms with van der Waals surface area (Å²) in [7, 11) is 0. The van der Waals surface area contributed by atoms with Crippen LogP contribution >= 0.6 is 11.6 Å². The normalized spacial score (nSPS) is 18.9. The Morgan fingerprint density at radius 3 is 2.15 bits per heavy atom. The summed E-state index contributed by atoms with van der Waals surface area (Å²) in [5.41, 5.74) is -0.0385. The highest BCUT2D eigenvalue weighted by Crippen LogP contribution is 2.22. The number of piperidine rings is 1. The molecular formula is C18H22ClF2N3O2. The smallest absolute Gasteiger partial charge is 0.255 e. The maximum atomic E-state index is 13.4. The molecule has 0 aromatic heterocycles. The van der Waals surface area contributed by atoms with E-state index in [4.69, 9.17) is 11.6 Å². The van der Waals surface area contributed by atoms with Crippen molar-refractivity contribution in [2.75, 3.05) is 45.8 Å². The molecule has 2 aliphatic rings. The molecule has 8 heteroatoms. The maximum Gasteiger partial charge on any atom is 0.255 e. The average molecular weight is 386 g/mol. The van der Waals surface area contributed by atoms with Crippen molar-refractivity contribution in [3.8, 4) is 0 Å². The number of likely N-dealkylation sites (tertiary alicyclic amines) is 1. The molecule has 3 rings (SSSR count). The van der Waals surface area contributed by atoms with Gasteiger partial charge in [-0.1, -0.05) is 11.6 Å². The van der Waals surface area contributed by atoms with Crippen LogP contribution in [0.5, 0.6) is 0 Å². The van der Waals surface area contributed by atoms with Crippen molar-refractivity contribution in [1.82, 2.24) is 14.7 Å². The van der Waals surface area contributed by atoms with E-state index in [-0.39, 0.29) is 16.5 Å². The Bertz CT molecular complexity index is 687. The monoisotopic (exact) mass is 385 g/mol. The second kappa shape index (κ2) is 8.31. The summed E-state index contributed by atoms with van der Waals surface area (Å²) >= 11 is 5.88. The summed E-state index contributed by atoms with van der Waals surface area (Å²) in [6, 6.07) is 1.66. The zero-order chi connectivity index (χ0) is 18.7. The minimum absolute atomic E-state index is 0.0385. The Hall–Kier alpha value is -1.73. The van der Waals surface area contributed by atoms with Gasteiger partial charge in [0.2, 0.25) is 5.91 Å². The molecule has 142 valence electrons. The van der Waals surface area contributed by atoms with Crippen LogP contribution < -0.4 is 0 Å². The van der Waals surface area contributed by atoms with Gasteiger partial charge in [-0.2, -0.15) is 0 Å². The zero-order valence-electron chi connectivity index (χ0n) is 14.5. The summed E-state index contributed by atoms with van der Waals surface area (Å²) in [5.74, 6) is -2.46. The molecule has 2 fully saturated rings. The number of amides is 2. The molecule has 0 spiro atoms. The first-order valence-corrected chi connectivity index (χ1v) is 9.27. The second-order valence-electron chi connectivity index (χ2n) is 6.76. The highest BCUT2D eigenvalue weighted by atomic mass is 35.5. The van der Waals surface area contributed by atoms with Crippen molar-refractivity contribution < 1.29 is 18.4 Å². The molecule has 2 saturated heterocycles. The quantitative estimate of drug-likeness (QED) is 0.750. The van der Waals surface area contributed by atoms with Gasteiger partial charge in [0.25, 0.3) is 5.91 Å². The lowest BCUT2D eigenvalue weighted by atomic mass is 10.1. The van der Waals surface area contributed by atoms with E-state index in [0.717, 1.165) is 38.1 Å². The van der Waals surface area contributed by atoms with Crippen LogP contribution in [0.15, 0.2) is 12.1 Å². The van der Waals surface area contributed by atoms with E-state index in [0.29, 0.717) is 32.7 Å². The molecule has 2 heterocycles. The molecule has 0 N–H and O–H groups in total. The third-order valence-electron chi connectivity index (χ3n) is 4.97. The highest BCUT2D eigenvalue weighted by molar-refractivity contribution is 6.33. The SMILES string of the molecule is O=C(CN1CCN(C(=O)c2cc(F)c(F)cc2Cl)CC1)N1CCCCC1. The van der Waals surface area contributed by atoms with Gasteiger partial charge in [-0.25, -0.2) is 8.78 Å². The number of piperazine rings is 1. The predicted octanol–water partition coefficient (Wildman–Crippen LogP) is 2.39. The Morgan fingerprint density at radius 1 is 0.885 bits per heavy atom. The zero-order valence-corrected chi connectivity index (χ0v) is 15.3. The molecular weight excluding hydrogens is 364 g/mol. The van der Waals surface area contributed by atoms with Crippen LogP contribution in [0.1, 0.15) is 29.6 Å². The molecule has 0 bridgehead atoms. The van der Waals surface area contributed by atoms with Crippen LogP contribution in [-0.2, 0) is 4.79 Å². The van der Waals surface area contributed by atoms with Gasteiger partial charge in [-0.3, -0.25) is 14.5 Å². The minimum atomic E-state index is -1.09. The fourth-order valence-corrected chi connectivity index (χ4v) is 3.63. The molecule has 0 atom stereocenters. The topological polar surface area (TPSA) is 43.9 Å². The second-order valence-corrected chi connectivity index (χ2v) is 7.16. The number of halogens is 3. The van der Waals surface area contributed by atoms with Crippen molar-refractivity contribution in [1.29, 1.82) is 0 Å². The largest absolute Gasteiger partial charge is 0.342 e. The summed E-state index contributed by atoms with van der Waals surface area (Å²) in [6.45, 7) is 3.97. The van der Waals surface area contributed by atoms with Crippen LogP contribution in [0.4, 0.5) is 8.78 Å². The summed E-state index contributed by atoms with van der Waals surface area (Å²) < 4.78 is 26.6. The molecule has 5 nitrogen and oxygen atoms in total. The van der Waals surface area contributed by atoms with E-state index in [2.05, 4.69) is 0 Å². The first kappa shape index (κ1) is 19.0. The minimum Gasteiger partial charge on any atom is -0.342 e.